The summed E-state index contributed by atoms with van der Waals surface area (Å²) >= 11 is 0. The Morgan fingerprint density at radius 3 is 2.23 bits per heavy atom. The SMILES string of the molecule is Cc1cc(NC(=O)c2ccc(N)cc2)ccc1NC(C)(C)C. The molecule has 0 aliphatic carbocycles. The molecule has 0 saturated carbocycles. The summed E-state index contributed by atoms with van der Waals surface area (Å²) in [4.78, 5) is 12.2. The van der Waals surface area contributed by atoms with Crippen molar-refractivity contribution in [3.05, 3.63) is 53.6 Å². The highest BCUT2D eigenvalue weighted by atomic mass is 16.1. The normalized spacial score (nSPS) is 11.1. The van der Waals surface area contributed by atoms with E-state index < -0.39 is 0 Å². The molecule has 0 aliphatic rings. The highest BCUT2D eigenvalue weighted by molar-refractivity contribution is 6.04. The van der Waals surface area contributed by atoms with Crippen LogP contribution >= 0.6 is 0 Å². The van der Waals surface area contributed by atoms with Gasteiger partial charge in [0.1, 0.15) is 0 Å². The van der Waals surface area contributed by atoms with Gasteiger partial charge in [0.15, 0.2) is 0 Å². The van der Waals surface area contributed by atoms with E-state index >= 15 is 0 Å². The van der Waals surface area contributed by atoms with Gasteiger partial charge in [-0.1, -0.05) is 0 Å². The van der Waals surface area contributed by atoms with Crippen LogP contribution in [0, 0.1) is 6.92 Å². The molecule has 0 bridgehead atoms. The Labute approximate surface area is 131 Å². The van der Waals surface area contributed by atoms with Gasteiger partial charge in [0.25, 0.3) is 5.91 Å². The van der Waals surface area contributed by atoms with E-state index in [2.05, 4.69) is 31.4 Å². The summed E-state index contributed by atoms with van der Waals surface area (Å²) in [6.07, 6.45) is 0. The van der Waals surface area contributed by atoms with Gasteiger partial charge in [-0.05, 0) is 75.7 Å². The Bertz CT molecular complexity index is 670. The first-order valence-corrected chi connectivity index (χ1v) is 7.30. The van der Waals surface area contributed by atoms with Crippen LogP contribution in [0.1, 0.15) is 36.7 Å². The molecule has 0 aliphatic heterocycles. The standard InChI is InChI=1S/C18H23N3O/c1-12-11-15(9-10-16(12)21-18(2,3)4)20-17(22)13-5-7-14(19)8-6-13/h5-11,21H,19H2,1-4H3,(H,20,22). The summed E-state index contributed by atoms with van der Waals surface area (Å²) in [6, 6.07) is 12.7. The topological polar surface area (TPSA) is 67.2 Å². The fourth-order valence-electron chi connectivity index (χ4n) is 2.12. The molecule has 0 aromatic heterocycles. The Morgan fingerprint density at radius 1 is 1.05 bits per heavy atom. The molecule has 2 aromatic rings. The third kappa shape index (κ3) is 4.25. The van der Waals surface area contributed by atoms with Crippen molar-refractivity contribution >= 4 is 23.0 Å². The second kappa shape index (κ2) is 6.10. The summed E-state index contributed by atoms with van der Waals surface area (Å²) in [5.41, 5.74) is 9.79. The summed E-state index contributed by atoms with van der Waals surface area (Å²) in [5.74, 6) is -0.143. The van der Waals surface area contributed by atoms with E-state index in [1.807, 2.05) is 25.1 Å². The van der Waals surface area contributed by atoms with Crippen molar-refractivity contribution < 1.29 is 4.79 Å². The van der Waals surface area contributed by atoms with E-state index in [1.165, 1.54) is 0 Å². The number of carbonyl (C=O) groups is 1. The maximum atomic E-state index is 12.2. The van der Waals surface area contributed by atoms with Crippen molar-refractivity contribution in [1.29, 1.82) is 0 Å². The molecule has 4 heteroatoms. The number of nitrogen functional groups attached to an aromatic ring is 1. The zero-order chi connectivity index (χ0) is 16.3. The third-order valence-electron chi connectivity index (χ3n) is 3.17. The monoisotopic (exact) mass is 297 g/mol. The first kappa shape index (κ1) is 15.9. The first-order chi connectivity index (χ1) is 10.2. The first-order valence-electron chi connectivity index (χ1n) is 7.30. The second-order valence-electron chi connectivity index (χ2n) is 6.48. The van der Waals surface area contributed by atoms with Crippen LogP contribution in [0.4, 0.5) is 17.1 Å². The lowest BCUT2D eigenvalue weighted by atomic mass is 10.1. The molecule has 2 rings (SSSR count). The fourth-order valence-corrected chi connectivity index (χ4v) is 2.12. The van der Waals surface area contributed by atoms with Crippen molar-refractivity contribution in [2.45, 2.75) is 33.2 Å². The molecule has 0 saturated heterocycles. The maximum absolute atomic E-state index is 12.2. The smallest absolute Gasteiger partial charge is 0.255 e. The van der Waals surface area contributed by atoms with Gasteiger partial charge in [0, 0.05) is 28.2 Å². The largest absolute Gasteiger partial charge is 0.399 e. The predicted molar refractivity (Wildman–Crippen MR) is 93.4 cm³/mol. The van der Waals surface area contributed by atoms with Crippen molar-refractivity contribution in [3.63, 3.8) is 0 Å². The Morgan fingerprint density at radius 2 is 1.68 bits per heavy atom. The van der Waals surface area contributed by atoms with Crippen molar-refractivity contribution in [3.8, 4) is 0 Å². The second-order valence-corrected chi connectivity index (χ2v) is 6.48. The van der Waals surface area contributed by atoms with Crippen LogP contribution in [0.2, 0.25) is 0 Å². The van der Waals surface area contributed by atoms with E-state index in [-0.39, 0.29) is 11.4 Å². The number of rotatable bonds is 3. The lowest BCUT2D eigenvalue weighted by Gasteiger charge is -2.23. The van der Waals surface area contributed by atoms with Crippen LogP contribution < -0.4 is 16.4 Å². The fraction of sp³-hybridized carbons (Fsp3) is 0.278. The zero-order valence-electron chi connectivity index (χ0n) is 13.5. The number of nitrogens with two attached hydrogens (primary N) is 1. The minimum atomic E-state index is -0.143. The van der Waals surface area contributed by atoms with E-state index in [0.29, 0.717) is 11.3 Å². The van der Waals surface area contributed by atoms with Gasteiger partial charge in [0.05, 0.1) is 0 Å². The number of nitrogens with one attached hydrogen (secondary N) is 2. The summed E-state index contributed by atoms with van der Waals surface area (Å²) < 4.78 is 0. The average molecular weight is 297 g/mol. The molecule has 22 heavy (non-hydrogen) atoms. The lowest BCUT2D eigenvalue weighted by molar-refractivity contribution is 0.102. The number of hydrogen-bond donors (Lipinski definition) is 3. The lowest BCUT2D eigenvalue weighted by Crippen LogP contribution is -2.26. The van der Waals surface area contributed by atoms with Gasteiger partial charge in [-0.3, -0.25) is 4.79 Å². The Kier molecular flexibility index (Phi) is 4.40. The number of benzene rings is 2. The number of hydrogen-bond acceptors (Lipinski definition) is 3. The maximum Gasteiger partial charge on any atom is 0.255 e. The molecule has 116 valence electrons. The molecule has 2 aromatic carbocycles. The Hall–Kier alpha value is -2.49. The van der Waals surface area contributed by atoms with E-state index in [4.69, 9.17) is 5.73 Å². The van der Waals surface area contributed by atoms with Gasteiger partial charge in [-0.15, -0.1) is 0 Å². The summed E-state index contributed by atoms with van der Waals surface area (Å²) in [6.45, 7) is 8.36. The summed E-state index contributed by atoms with van der Waals surface area (Å²) in [5, 5.41) is 6.34. The molecule has 4 N–H and O–H groups in total. The van der Waals surface area contributed by atoms with Crippen LogP contribution in [0.25, 0.3) is 0 Å². The van der Waals surface area contributed by atoms with Crippen LogP contribution in [-0.2, 0) is 0 Å². The highest BCUT2D eigenvalue weighted by Gasteiger charge is 2.12. The van der Waals surface area contributed by atoms with E-state index in [0.717, 1.165) is 16.9 Å². The Balaban J connectivity index is 2.12. The molecular weight excluding hydrogens is 274 g/mol. The number of amides is 1. The van der Waals surface area contributed by atoms with Crippen LogP contribution in [-0.4, -0.2) is 11.4 Å². The van der Waals surface area contributed by atoms with E-state index in [1.54, 1.807) is 24.3 Å². The molecule has 0 unspecified atom stereocenters. The van der Waals surface area contributed by atoms with Crippen molar-refractivity contribution in [2.24, 2.45) is 0 Å². The van der Waals surface area contributed by atoms with Crippen LogP contribution in [0.15, 0.2) is 42.5 Å². The van der Waals surface area contributed by atoms with Gasteiger partial charge in [-0.2, -0.15) is 0 Å². The molecule has 0 heterocycles. The van der Waals surface area contributed by atoms with E-state index in [9.17, 15) is 4.79 Å². The summed E-state index contributed by atoms with van der Waals surface area (Å²) in [7, 11) is 0. The van der Waals surface area contributed by atoms with Gasteiger partial charge < -0.3 is 16.4 Å². The molecule has 0 atom stereocenters. The number of aryl methyl sites for hydroxylation is 1. The molecule has 0 spiro atoms. The third-order valence-corrected chi connectivity index (χ3v) is 3.17. The minimum Gasteiger partial charge on any atom is -0.399 e. The van der Waals surface area contributed by atoms with Crippen LogP contribution in [0.3, 0.4) is 0 Å². The van der Waals surface area contributed by atoms with Crippen molar-refractivity contribution in [2.75, 3.05) is 16.4 Å². The molecule has 1 amide bonds. The van der Waals surface area contributed by atoms with Gasteiger partial charge in [0.2, 0.25) is 0 Å². The predicted octanol–water partition coefficient (Wildman–Crippen LogP) is 4.04. The number of carbonyl (C=O) groups excluding carboxylic acids is 1. The van der Waals surface area contributed by atoms with Crippen molar-refractivity contribution in [1.82, 2.24) is 0 Å². The minimum absolute atomic E-state index is 0.000502. The van der Waals surface area contributed by atoms with Gasteiger partial charge >= 0.3 is 0 Å². The number of anilines is 3. The highest BCUT2D eigenvalue weighted by Crippen LogP contribution is 2.23. The molecular formula is C18H23N3O. The van der Waals surface area contributed by atoms with Crippen LogP contribution in [0.5, 0.6) is 0 Å². The average Bonchev–Trinajstić information content (AvgIpc) is 2.41. The molecule has 4 nitrogen and oxygen atoms in total. The van der Waals surface area contributed by atoms with Gasteiger partial charge in [-0.25, -0.2) is 0 Å². The quantitative estimate of drug-likeness (QED) is 0.749. The molecule has 0 radical (unpaired) electrons. The molecule has 0 fully saturated rings. The zero-order valence-corrected chi connectivity index (χ0v) is 13.5.